The van der Waals surface area contributed by atoms with Gasteiger partial charge in [-0.25, -0.2) is 0 Å². The fourth-order valence-electron chi connectivity index (χ4n) is 5.15. The van der Waals surface area contributed by atoms with Crippen molar-refractivity contribution in [3.05, 3.63) is 34.4 Å². The number of ketones is 1. The van der Waals surface area contributed by atoms with Crippen molar-refractivity contribution in [2.24, 2.45) is 29.6 Å². The third-order valence-electron chi connectivity index (χ3n) is 5.95. The Morgan fingerprint density at radius 1 is 1.20 bits per heavy atom. The van der Waals surface area contributed by atoms with Gasteiger partial charge in [0.2, 0.25) is 0 Å². The van der Waals surface area contributed by atoms with Gasteiger partial charge in [-0.15, -0.1) is 0 Å². The summed E-state index contributed by atoms with van der Waals surface area (Å²) in [5, 5.41) is 1.07. The van der Waals surface area contributed by atoms with Gasteiger partial charge in [-0.1, -0.05) is 15.9 Å². The Bertz CT molecular complexity index is 718. The zero-order valence-corrected chi connectivity index (χ0v) is 12.7. The molecule has 5 rings (SSSR count). The number of hydrogen-bond acceptors (Lipinski definition) is 1. The highest BCUT2D eigenvalue weighted by molar-refractivity contribution is 9.10. The Balaban J connectivity index is 1.53. The number of hydrogen-bond donors (Lipinski definition) is 1. The number of aromatic nitrogens is 1. The van der Waals surface area contributed by atoms with Crippen LogP contribution in [0.3, 0.4) is 0 Å². The van der Waals surface area contributed by atoms with Crippen LogP contribution < -0.4 is 0 Å². The SMILES string of the molecule is O=C(c1c[nH]c2ccc(Br)cc12)C1C2C3CCC(C3)C12. The molecule has 1 aromatic heterocycles. The van der Waals surface area contributed by atoms with Crippen LogP contribution in [-0.4, -0.2) is 10.8 Å². The number of rotatable bonds is 2. The van der Waals surface area contributed by atoms with Crippen LogP contribution in [0.4, 0.5) is 0 Å². The topological polar surface area (TPSA) is 32.9 Å². The molecule has 0 spiro atoms. The number of carbonyl (C=O) groups excluding carboxylic acids is 1. The summed E-state index contributed by atoms with van der Waals surface area (Å²) in [7, 11) is 0. The maximum atomic E-state index is 12.9. The number of nitrogens with one attached hydrogen (secondary N) is 1. The van der Waals surface area contributed by atoms with Gasteiger partial charge in [0.15, 0.2) is 5.78 Å². The molecule has 0 aliphatic heterocycles. The summed E-state index contributed by atoms with van der Waals surface area (Å²) >= 11 is 3.51. The zero-order chi connectivity index (χ0) is 13.4. The van der Waals surface area contributed by atoms with Gasteiger partial charge in [0.05, 0.1) is 0 Å². The van der Waals surface area contributed by atoms with E-state index in [0.717, 1.165) is 44.6 Å². The van der Waals surface area contributed by atoms with Crippen molar-refractivity contribution in [1.82, 2.24) is 4.98 Å². The first-order valence-corrected chi connectivity index (χ1v) is 8.34. The third-order valence-corrected chi connectivity index (χ3v) is 6.44. The van der Waals surface area contributed by atoms with Gasteiger partial charge in [-0.3, -0.25) is 4.79 Å². The number of aromatic amines is 1. The molecule has 1 N–H and O–H groups in total. The molecule has 4 unspecified atom stereocenters. The van der Waals surface area contributed by atoms with Crippen LogP contribution in [0.5, 0.6) is 0 Å². The van der Waals surface area contributed by atoms with Gasteiger partial charge in [-0.2, -0.15) is 0 Å². The lowest BCUT2D eigenvalue weighted by Crippen LogP contribution is -2.09. The zero-order valence-electron chi connectivity index (χ0n) is 11.1. The summed E-state index contributed by atoms with van der Waals surface area (Å²) in [6.07, 6.45) is 6.05. The van der Waals surface area contributed by atoms with Crippen LogP contribution in [-0.2, 0) is 0 Å². The van der Waals surface area contributed by atoms with Crippen molar-refractivity contribution in [3.8, 4) is 0 Å². The van der Waals surface area contributed by atoms with Gasteiger partial charge in [0.1, 0.15) is 0 Å². The number of Topliss-reactive ketones (excluding diaryl/α,β-unsaturated/α-hetero) is 1. The molecule has 2 bridgehead atoms. The average molecular weight is 330 g/mol. The van der Waals surface area contributed by atoms with Crippen molar-refractivity contribution in [2.75, 3.05) is 0 Å². The molecule has 2 nitrogen and oxygen atoms in total. The van der Waals surface area contributed by atoms with Gasteiger partial charge < -0.3 is 4.98 Å². The first kappa shape index (κ1) is 11.6. The molecule has 0 amide bonds. The fraction of sp³-hybridized carbons (Fsp3) is 0.471. The predicted octanol–water partition coefficient (Wildman–Crippen LogP) is 4.41. The lowest BCUT2D eigenvalue weighted by atomic mass is 9.96. The lowest BCUT2D eigenvalue weighted by Gasteiger charge is -2.07. The molecule has 3 saturated carbocycles. The van der Waals surface area contributed by atoms with Crippen LogP contribution >= 0.6 is 15.9 Å². The van der Waals surface area contributed by atoms with E-state index in [1.165, 1.54) is 19.3 Å². The van der Waals surface area contributed by atoms with E-state index in [1.807, 2.05) is 18.3 Å². The van der Waals surface area contributed by atoms with E-state index in [0.29, 0.717) is 11.7 Å². The summed E-state index contributed by atoms with van der Waals surface area (Å²) in [5.41, 5.74) is 1.96. The first-order chi connectivity index (χ1) is 9.74. The highest BCUT2D eigenvalue weighted by Crippen LogP contribution is 2.70. The minimum atomic E-state index is 0.333. The molecule has 0 radical (unpaired) electrons. The molecule has 3 heteroatoms. The molecule has 2 aromatic rings. The van der Waals surface area contributed by atoms with E-state index in [9.17, 15) is 4.79 Å². The Labute approximate surface area is 126 Å². The molecular weight excluding hydrogens is 314 g/mol. The Morgan fingerprint density at radius 2 is 1.95 bits per heavy atom. The molecule has 3 aliphatic carbocycles. The maximum absolute atomic E-state index is 12.9. The molecule has 0 saturated heterocycles. The van der Waals surface area contributed by atoms with Gasteiger partial charge in [-0.05, 0) is 61.1 Å². The van der Waals surface area contributed by atoms with Gasteiger partial charge in [0.25, 0.3) is 0 Å². The fourth-order valence-corrected chi connectivity index (χ4v) is 5.51. The number of benzene rings is 1. The van der Waals surface area contributed by atoms with Crippen molar-refractivity contribution in [1.29, 1.82) is 0 Å². The highest BCUT2D eigenvalue weighted by atomic mass is 79.9. The molecule has 1 heterocycles. The summed E-state index contributed by atoms with van der Waals surface area (Å²) < 4.78 is 1.04. The predicted molar refractivity (Wildman–Crippen MR) is 81.6 cm³/mol. The number of fused-ring (bicyclic) bond motifs is 6. The van der Waals surface area contributed by atoms with Gasteiger partial charge >= 0.3 is 0 Å². The van der Waals surface area contributed by atoms with Gasteiger partial charge in [0, 0.05) is 33.1 Å². The van der Waals surface area contributed by atoms with Crippen LogP contribution in [0.2, 0.25) is 0 Å². The van der Waals surface area contributed by atoms with Crippen molar-refractivity contribution >= 4 is 32.6 Å². The summed E-state index contributed by atoms with van der Waals surface area (Å²) in [4.78, 5) is 16.1. The number of carbonyl (C=O) groups is 1. The smallest absolute Gasteiger partial charge is 0.168 e. The molecule has 1 aromatic carbocycles. The molecule has 3 fully saturated rings. The van der Waals surface area contributed by atoms with Crippen LogP contribution in [0.25, 0.3) is 10.9 Å². The Morgan fingerprint density at radius 3 is 2.70 bits per heavy atom. The van der Waals surface area contributed by atoms with E-state index >= 15 is 0 Å². The average Bonchev–Trinajstić information content (AvgIpc) is 2.80. The van der Waals surface area contributed by atoms with E-state index < -0.39 is 0 Å². The lowest BCUT2D eigenvalue weighted by molar-refractivity contribution is 0.0946. The largest absolute Gasteiger partial charge is 0.360 e. The van der Waals surface area contributed by atoms with Crippen molar-refractivity contribution in [2.45, 2.75) is 19.3 Å². The molecular formula is C17H16BrNO. The first-order valence-electron chi connectivity index (χ1n) is 7.55. The van der Waals surface area contributed by atoms with E-state index in [2.05, 4.69) is 27.0 Å². The second-order valence-electron chi connectivity index (χ2n) is 6.77. The van der Waals surface area contributed by atoms with E-state index in [-0.39, 0.29) is 0 Å². The number of H-pyrrole nitrogens is 1. The molecule has 102 valence electrons. The molecule has 4 atom stereocenters. The van der Waals surface area contributed by atoms with Crippen molar-refractivity contribution in [3.63, 3.8) is 0 Å². The van der Waals surface area contributed by atoms with Crippen LogP contribution in [0.1, 0.15) is 29.6 Å². The maximum Gasteiger partial charge on any atom is 0.168 e. The van der Waals surface area contributed by atoms with Crippen molar-refractivity contribution < 1.29 is 4.79 Å². The monoisotopic (exact) mass is 329 g/mol. The standard InChI is InChI=1S/C17H16BrNO/c18-10-3-4-13-11(6-10)12(7-19-13)17(20)16-14-8-1-2-9(5-8)15(14)16/h3-4,6-9,14-16,19H,1-2,5H2. The summed E-state index contributed by atoms with van der Waals surface area (Å²) in [5.74, 6) is 3.88. The second-order valence-corrected chi connectivity index (χ2v) is 7.69. The number of halogens is 1. The minimum absolute atomic E-state index is 0.333. The quantitative estimate of drug-likeness (QED) is 0.813. The third kappa shape index (κ3) is 1.37. The summed E-state index contributed by atoms with van der Waals surface area (Å²) in [6.45, 7) is 0. The summed E-state index contributed by atoms with van der Waals surface area (Å²) in [6, 6.07) is 6.11. The molecule has 20 heavy (non-hydrogen) atoms. The normalized spacial score (nSPS) is 37.4. The Kier molecular flexibility index (Phi) is 2.17. The van der Waals surface area contributed by atoms with E-state index in [4.69, 9.17) is 0 Å². The van der Waals surface area contributed by atoms with E-state index in [1.54, 1.807) is 0 Å². The Hall–Kier alpha value is -1.09. The van der Waals surface area contributed by atoms with Crippen LogP contribution in [0.15, 0.2) is 28.9 Å². The van der Waals surface area contributed by atoms with Crippen LogP contribution in [0, 0.1) is 29.6 Å². The molecule has 3 aliphatic rings. The minimum Gasteiger partial charge on any atom is -0.360 e. The second kappa shape index (κ2) is 3.76. The highest BCUT2D eigenvalue weighted by Gasteiger charge is 2.67.